The molecule has 2 atom stereocenters. The number of rotatable bonds is 4. The summed E-state index contributed by atoms with van der Waals surface area (Å²) in [5.41, 5.74) is 0. The van der Waals surface area contributed by atoms with Crippen LogP contribution in [0.4, 0.5) is 0 Å². The van der Waals surface area contributed by atoms with Crippen LogP contribution in [0.5, 0.6) is 0 Å². The molecule has 2 heterocycles. The Balaban J connectivity index is 1.78. The normalized spacial score (nSPS) is 25.4. The van der Waals surface area contributed by atoms with Crippen LogP contribution in [0.25, 0.3) is 0 Å². The van der Waals surface area contributed by atoms with E-state index in [1.165, 1.54) is 0 Å². The highest BCUT2D eigenvalue weighted by Gasteiger charge is 2.29. The van der Waals surface area contributed by atoms with Crippen LogP contribution in [0.15, 0.2) is 16.1 Å². The molecule has 0 bridgehead atoms. The van der Waals surface area contributed by atoms with Crippen LogP contribution in [0.2, 0.25) is 0 Å². The summed E-state index contributed by atoms with van der Waals surface area (Å²) < 4.78 is 0. The van der Waals surface area contributed by atoms with E-state index in [9.17, 15) is 9.59 Å². The van der Waals surface area contributed by atoms with Crippen molar-refractivity contribution in [1.82, 2.24) is 15.1 Å². The summed E-state index contributed by atoms with van der Waals surface area (Å²) in [6.45, 7) is 9.35. The summed E-state index contributed by atoms with van der Waals surface area (Å²) in [6, 6.07) is -0.0616. The molecule has 23 heavy (non-hydrogen) atoms. The van der Waals surface area contributed by atoms with Crippen molar-refractivity contribution >= 4 is 29.6 Å². The molecule has 0 spiro atoms. The Hall–Kier alpha value is -1.40. The number of dihydropyridines is 1. The van der Waals surface area contributed by atoms with E-state index in [-0.39, 0.29) is 24.3 Å². The number of piperazine rings is 1. The van der Waals surface area contributed by atoms with E-state index in [0.717, 1.165) is 13.1 Å². The lowest BCUT2D eigenvalue weighted by atomic mass is 9.99. The van der Waals surface area contributed by atoms with Crippen molar-refractivity contribution in [3.05, 3.63) is 11.1 Å². The second-order valence-electron chi connectivity index (χ2n) is 6.31. The predicted molar refractivity (Wildman–Crippen MR) is 91.7 cm³/mol. The van der Waals surface area contributed by atoms with Crippen molar-refractivity contribution in [3.8, 4) is 0 Å². The van der Waals surface area contributed by atoms with Crippen molar-refractivity contribution in [2.75, 3.05) is 32.7 Å². The van der Waals surface area contributed by atoms with Gasteiger partial charge in [0.15, 0.2) is 0 Å². The standard InChI is InChI=1S/C16H25ClN4O2/c1-11(2)20-6-8-21(9-7-20)14(22)10-19-16(23)15-12(3)13(17)4-5-18-15/h4-5,11-12,15H,6-10H2,1-3H3,(H,19,23). The molecule has 0 aliphatic carbocycles. The van der Waals surface area contributed by atoms with Gasteiger partial charge in [0.2, 0.25) is 11.8 Å². The maximum atomic E-state index is 12.2. The van der Waals surface area contributed by atoms with Gasteiger partial charge in [-0.15, -0.1) is 0 Å². The Labute approximate surface area is 142 Å². The van der Waals surface area contributed by atoms with Gasteiger partial charge < -0.3 is 10.2 Å². The first-order valence-corrected chi connectivity index (χ1v) is 8.46. The summed E-state index contributed by atoms with van der Waals surface area (Å²) in [6.07, 6.45) is 3.23. The van der Waals surface area contributed by atoms with E-state index < -0.39 is 6.04 Å². The number of aliphatic imine (C=N–C) groups is 1. The van der Waals surface area contributed by atoms with E-state index in [2.05, 4.69) is 29.1 Å². The first-order chi connectivity index (χ1) is 10.9. The van der Waals surface area contributed by atoms with Gasteiger partial charge in [0, 0.05) is 49.4 Å². The number of carbonyl (C=O) groups excluding carboxylic acids is 2. The second-order valence-corrected chi connectivity index (χ2v) is 6.75. The van der Waals surface area contributed by atoms with E-state index in [0.29, 0.717) is 24.2 Å². The summed E-state index contributed by atoms with van der Waals surface area (Å²) in [5, 5.41) is 3.30. The molecule has 1 fully saturated rings. The second kappa shape index (κ2) is 7.93. The molecule has 128 valence electrons. The number of hydrogen-bond donors (Lipinski definition) is 1. The minimum absolute atomic E-state index is 0.0145. The summed E-state index contributed by atoms with van der Waals surface area (Å²) in [4.78, 5) is 32.7. The van der Waals surface area contributed by atoms with Gasteiger partial charge in [-0.3, -0.25) is 19.5 Å². The third kappa shape index (κ3) is 4.54. The number of nitrogens with zero attached hydrogens (tertiary/aromatic N) is 3. The maximum absolute atomic E-state index is 12.2. The Kier molecular flexibility index (Phi) is 6.18. The number of amides is 2. The topological polar surface area (TPSA) is 65.0 Å². The smallest absolute Gasteiger partial charge is 0.245 e. The van der Waals surface area contributed by atoms with Gasteiger partial charge in [-0.2, -0.15) is 0 Å². The molecule has 1 N–H and O–H groups in total. The van der Waals surface area contributed by atoms with E-state index >= 15 is 0 Å². The van der Waals surface area contributed by atoms with Gasteiger partial charge in [0.25, 0.3) is 0 Å². The van der Waals surface area contributed by atoms with Crippen molar-refractivity contribution < 1.29 is 9.59 Å². The lowest BCUT2D eigenvalue weighted by Crippen LogP contribution is -2.53. The summed E-state index contributed by atoms with van der Waals surface area (Å²) in [7, 11) is 0. The van der Waals surface area contributed by atoms with Crippen LogP contribution >= 0.6 is 11.6 Å². The van der Waals surface area contributed by atoms with Crippen molar-refractivity contribution in [2.45, 2.75) is 32.9 Å². The van der Waals surface area contributed by atoms with Crippen molar-refractivity contribution in [3.63, 3.8) is 0 Å². The largest absolute Gasteiger partial charge is 0.345 e. The molecular weight excluding hydrogens is 316 g/mol. The van der Waals surface area contributed by atoms with Crippen LogP contribution < -0.4 is 5.32 Å². The van der Waals surface area contributed by atoms with Crippen molar-refractivity contribution in [1.29, 1.82) is 0 Å². The van der Waals surface area contributed by atoms with Gasteiger partial charge in [0.05, 0.1) is 6.54 Å². The molecule has 7 heteroatoms. The fraction of sp³-hybridized carbons (Fsp3) is 0.688. The van der Waals surface area contributed by atoms with Gasteiger partial charge in [0.1, 0.15) is 6.04 Å². The first kappa shape index (κ1) is 17.9. The zero-order valence-electron chi connectivity index (χ0n) is 14.0. The fourth-order valence-corrected chi connectivity index (χ4v) is 2.98. The minimum Gasteiger partial charge on any atom is -0.345 e. The minimum atomic E-state index is -0.557. The van der Waals surface area contributed by atoms with Crippen LogP contribution in [0, 0.1) is 5.92 Å². The summed E-state index contributed by atoms with van der Waals surface area (Å²) in [5.74, 6) is -0.462. The third-order valence-corrected chi connectivity index (χ3v) is 4.94. The monoisotopic (exact) mass is 340 g/mol. The highest BCUT2D eigenvalue weighted by Crippen LogP contribution is 2.23. The van der Waals surface area contributed by atoms with Gasteiger partial charge in [-0.05, 0) is 19.9 Å². The highest BCUT2D eigenvalue weighted by molar-refractivity contribution is 6.31. The molecule has 2 aliphatic heterocycles. The average Bonchev–Trinajstić information content (AvgIpc) is 2.55. The molecule has 0 aromatic heterocycles. The summed E-state index contributed by atoms with van der Waals surface area (Å²) >= 11 is 6.04. The van der Waals surface area contributed by atoms with Crippen LogP contribution in [-0.4, -0.2) is 72.6 Å². The molecule has 1 saturated heterocycles. The molecule has 0 aromatic carbocycles. The number of hydrogen-bond acceptors (Lipinski definition) is 4. The molecule has 0 radical (unpaired) electrons. The number of carbonyl (C=O) groups is 2. The molecular formula is C16H25ClN4O2. The molecule has 2 rings (SSSR count). The molecule has 2 unspecified atom stereocenters. The Morgan fingerprint density at radius 1 is 1.35 bits per heavy atom. The lowest BCUT2D eigenvalue weighted by molar-refractivity contribution is -0.134. The molecule has 0 aromatic rings. The number of nitrogens with one attached hydrogen (secondary N) is 1. The number of halogens is 1. The number of allylic oxidation sites excluding steroid dienone is 1. The van der Waals surface area contributed by atoms with Crippen LogP contribution in [0.3, 0.4) is 0 Å². The average molecular weight is 341 g/mol. The van der Waals surface area contributed by atoms with Gasteiger partial charge >= 0.3 is 0 Å². The lowest BCUT2D eigenvalue weighted by Gasteiger charge is -2.37. The maximum Gasteiger partial charge on any atom is 0.245 e. The van der Waals surface area contributed by atoms with Crippen LogP contribution in [0.1, 0.15) is 20.8 Å². The van der Waals surface area contributed by atoms with Gasteiger partial charge in [-0.25, -0.2) is 0 Å². The molecule has 0 saturated carbocycles. The molecule has 2 aliphatic rings. The fourth-order valence-electron chi connectivity index (χ4n) is 2.80. The first-order valence-electron chi connectivity index (χ1n) is 8.08. The van der Waals surface area contributed by atoms with E-state index in [1.807, 2.05) is 6.92 Å². The van der Waals surface area contributed by atoms with Crippen LogP contribution in [-0.2, 0) is 9.59 Å². The Morgan fingerprint density at radius 2 is 2.00 bits per heavy atom. The van der Waals surface area contributed by atoms with E-state index in [4.69, 9.17) is 11.6 Å². The predicted octanol–water partition coefficient (Wildman–Crippen LogP) is 0.867. The SMILES string of the molecule is CC1C(Cl)=CC=NC1C(=O)NCC(=O)N1CCN(C(C)C)CC1. The quantitative estimate of drug-likeness (QED) is 0.825. The zero-order valence-corrected chi connectivity index (χ0v) is 14.7. The third-order valence-electron chi connectivity index (χ3n) is 4.47. The van der Waals surface area contributed by atoms with Crippen molar-refractivity contribution in [2.24, 2.45) is 10.9 Å². The Bertz CT molecular complexity index is 510. The molecule has 6 nitrogen and oxygen atoms in total. The zero-order chi connectivity index (χ0) is 17.0. The molecule has 2 amide bonds. The Morgan fingerprint density at radius 3 is 2.61 bits per heavy atom. The van der Waals surface area contributed by atoms with E-state index in [1.54, 1.807) is 17.2 Å². The van der Waals surface area contributed by atoms with Gasteiger partial charge in [-0.1, -0.05) is 18.5 Å². The highest BCUT2D eigenvalue weighted by atomic mass is 35.5.